The molecule has 4 heteroatoms. The Morgan fingerprint density at radius 3 is 2.68 bits per heavy atom. The van der Waals surface area contributed by atoms with Crippen molar-refractivity contribution in [2.45, 2.75) is 13.8 Å². The lowest BCUT2D eigenvalue weighted by molar-refractivity contribution is 0.102. The first-order chi connectivity index (χ1) is 10.5. The van der Waals surface area contributed by atoms with Gasteiger partial charge in [0.2, 0.25) is 0 Å². The van der Waals surface area contributed by atoms with Crippen molar-refractivity contribution in [3.8, 4) is 5.75 Å². The van der Waals surface area contributed by atoms with Crippen LogP contribution in [-0.2, 0) is 0 Å². The van der Waals surface area contributed by atoms with Crippen molar-refractivity contribution in [2.24, 2.45) is 0 Å². The van der Waals surface area contributed by atoms with Crippen molar-refractivity contribution in [1.29, 1.82) is 0 Å². The summed E-state index contributed by atoms with van der Waals surface area (Å²) in [5, 5.41) is 3.44. The Labute approximate surface area is 135 Å². The third-order valence-electron chi connectivity index (χ3n) is 3.04. The lowest BCUT2D eigenvalue weighted by Gasteiger charge is -2.12. The maximum atomic E-state index is 12.4. The van der Waals surface area contributed by atoms with Crippen molar-refractivity contribution in [1.82, 2.24) is 0 Å². The zero-order valence-corrected chi connectivity index (χ0v) is 13.4. The number of halogens is 1. The van der Waals surface area contributed by atoms with Gasteiger partial charge in [0.25, 0.3) is 5.91 Å². The molecule has 0 aromatic heterocycles. The zero-order chi connectivity index (χ0) is 16.1. The van der Waals surface area contributed by atoms with Gasteiger partial charge >= 0.3 is 0 Å². The lowest BCUT2D eigenvalue weighted by atomic mass is 10.1. The standard InChI is InChI=1S/C18H18ClNO2/c1-12(2)11-22-17-7-5-4-6-15(17)18(21)20-14-9-8-13(3)16(19)10-14/h4-10H,1,11H2,2-3H3,(H,20,21). The number of ether oxygens (including phenoxy) is 1. The van der Waals surface area contributed by atoms with E-state index < -0.39 is 0 Å². The number of amides is 1. The van der Waals surface area contributed by atoms with Gasteiger partial charge in [-0.1, -0.05) is 36.4 Å². The first kappa shape index (κ1) is 16.1. The van der Waals surface area contributed by atoms with Crippen LogP contribution in [0.15, 0.2) is 54.6 Å². The van der Waals surface area contributed by atoms with Crippen LogP contribution in [0.5, 0.6) is 5.75 Å². The van der Waals surface area contributed by atoms with Crippen molar-refractivity contribution in [3.63, 3.8) is 0 Å². The Balaban J connectivity index is 2.18. The second-order valence-electron chi connectivity index (χ2n) is 5.16. The molecule has 0 spiro atoms. The lowest BCUT2D eigenvalue weighted by Crippen LogP contribution is -2.14. The average molecular weight is 316 g/mol. The Morgan fingerprint density at radius 2 is 2.00 bits per heavy atom. The third kappa shape index (κ3) is 4.12. The highest BCUT2D eigenvalue weighted by Gasteiger charge is 2.12. The number of hydrogen-bond donors (Lipinski definition) is 1. The highest BCUT2D eigenvalue weighted by atomic mass is 35.5. The van der Waals surface area contributed by atoms with Gasteiger partial charge in [-0.15, -0.1) is 0 Å². The van der Waals surface area contributed by atoms with Crippen LogP contribution >= 0.6 is 11.6 Å². The molecule has 0 saturated carbocycles. The van der Waals surface area contributed by atoms with Crippen molar-refractivity contribution in [2.75, 3.05) is 11.9 Å². The molecule has 2 rings (SSSR count). The number of aryl methyl sites for hydroxylation is 1. The van der Waals surface area contributed by atoms with Crippen LogP contribution in [0, 0.1) is 6.92 Å². The van der Waals surface area contributed by atoms with Crippen molar-refractivity contribution >= 4 is 23.2 Å². The van der Waals surface area contributed by atoms with Crippen LogP contribution in [0.2, 0.25) is 5.02 Å². The van der Waals surface area contributed by atoms with Gasteiger partial charge in [0, 0.05) is 10.7 Å². The first-order valence-corrected chi connectivity index (χ1v) is 7.29. The first-order valence-electron chi connectivity index (χ1n) is 6.91. The molecule has 0 heterocycles. The third-order valence-corrected chi connectivity index (χ3v) is 3.44. The van der Waals surface area contributed by atoms with Crippen LogP contribution in [0.25, 0.3) is 0 Å². The number of para-hydroxylation sites is 1. The SMILES string of the molecule is C=C(C)COc1ccccc1C(=O)Nc1ccc(C)c(Cl)c1. The fourth-order valence-electron chi connectivity index (χ4n) is 1.85. The number of carbonyl (C=O) groups is 1. The second-order valence-corrected chi connectivity index (χ2v) is 5.57. The van der Waals surface area contributed by atoms with E-state index in [0.717, 1.165) is 11.1 Å². The van der Waals surface area contributed by atoms with Gasteiger partial charge in [0.1, 0.15) is 12.4 Å². The van der Waals surface area contributed by atoms with Crippen molar-refractivity contribution in [3.05, 3.63) is 70.8 Å². The molecule has 22 heavy (non-hydrogen) atoms. The number of hydrogen-bond acceptors (Lipinski definition) is 2. The van der Waals surface area contributed by atoms with Crippen LogP contribution in [0.3, 0.4) is 0 Å². The summed E-state index contributed by atoms with van der Waals surface area (Å²) in [6.45, 7) is 7.95. The molecular formula is C18H18ClNO2. The fourth-order valence-corrected chi connectivity index (χ4v) is 2.03. The summed E-state index contributed by atoms with van der Waals surface area (Å²) in [5.74, 6) is 0.290. The number of benzene rings is 2. The topological polar surface area (TPSA) is 38.3 Å². The number of carbonyl (C=O) groups excluding carboxylic acids is 1. The van der Waals surface area contributed by atoms with E-state index in [1.807, 2.05) is 32.0 Å². The molecule has 0 radical (unpaired) electrons. The summed E-state index contributed by atoms with van der Waals surface area (Å²) in [5.41, 5.74) is 2.97. The van der Waals surface area contributed by atoms with E-state index in [1.165, 1.54) is 0 Å². The Hall–Kier alpha value is -2.26. The Morgan fingerprint density at radius 1 is 1.27 bits per heavy atom. The Kier molecular flexibility index (Phi) is 5.23. The Bertz CT molecular complexity index is 710. The molecule has 0 atom stereocenters. The molecule has 2 aromatic rings. The molecule has 0 fully saturated rings. The highest BCUT2D eigenvalue weighted by Crippen LogP contribution is 2.23. The van der Waals surface area contributed by atoms with E-state index in [2.05, 4.69) is 11.9 Å². The van der Waals surface area contributed by atoms with Crippen molar-refractivity contribution < 1.29 is 9.53 Å². The van der Waals surface area contributed by atoms with E-state index >= 15 is 0 Å². The minimum Gasteiger partial charge on any atom is -0.488 e. The number of nitrogens with one attached hydrogen (secondary N) is 1. The van der Waals surface area contributed by atoms with Gasteiger partial charge < -0.3 is 10.1 Å². The number of anilines is 1. The summed E-state index contributed by atoms with van der Waals surface area (Å²) >= 11 is 6.07. The highest BCUT2D eigenvalue weighted by molar-refractivity contribution is 6.31. The molecule has 0 aliphatic heterocycles. The fraction of sp³-hybridized carbons (Fsp3) is 0.167. The molecule has 1 amide bonds. The zero-order valence-electron chi connectivity index (χ0n) is 12.7. The molecule has 0 bridgehead atoms. The van der Waals surface area contributed by atoms with E-state index in [4.69, 9.17) is 16.3 Å². The normalized spacial score (nSPS) is 10.1. The largest absolute Gasteiger partial charge is 0.488 e. The molecule has 114 valence electrons. The van der Waals surface area contributed by atoms with E-state index in [1.54, 1.807) is 24.3 Å². The smallest absolute Gasteiger partial charge is 0.259 e. The molecule has 0 unspecified atom stereocenters. The summed E-state index contributed by atoms with van der Waals surface area (Å²) in [4.78, 5) is 12.4. The van der Waals surface area contributed by atoms with E-state index in [0.29, 0.717) is 28.6 Å². The van der Waals surface area contributed by atoms with E-state index in [-0.39, 0.29) is 5.91 Å². The monoisotopic (exact) mass is 315 g/mol. The summed E-state index contributed by atoms with van der Waals surface area (Å²) in [7, 11) is 0. The van der Waals surface area contributed by atoms with Crippen LogP contribution in [0.1, 0.15) is 22.8 Å². The summed E-state index contributed by atoms with van der Waals surface area (Å²) in [6.07, 6.45) is 0. The summed E-state index contributed by atoms with van der Waals surface area (Å²) < 4.78 is 5.61. The molecule has 0 aliphatic rings. The van der Waals surface area contributed by atoms with E-state index in [9.17, 15) is 4.79 Å². The average Bonchev–Trinajstić information content (AvgIpc) is 2.49. The molecule has 0 aliphatic carbocycles. The van der Waals surface area contributed by atoms with Crippen LogP contribution in [0.4, 0.5) is 5.69 Å². The molecule has 1 N–H and O–H groups in total. The van der Waals surface area contributed by atoms with Gasteiger partial charge in [-0.05, 0) is 49.2 Å². The molecular weight excluding hydrogens is 298 g/mol. The van der Waals surface area contributed by atoms with Gasteiger partial charge in [-0.25, -0.2) is 0 Å². The minimum atomic E-state index is -0.239. The van der Waals surface area contributed by atoms with Crippen LogP contribution in [-0.4, -0.2) is 12.5 Å². The molecule has 2 aromatic carbocycles. The number of rotatable bonds is 5. The predicted octanol–water partition coefficient (Wildman–Crippen LogP) is 4.86. The second kappa shape index (κ2) is 7.14. The van der Waals surface area contributed by atoms with Gasteiger partial charge in [-0.3, -0.25) is 4.79 Å². The van der Waals surface area contributed by atoms with Crippen LogP contribution < -0.4 is 10.1 Å². The predicted molar refractivity (Wildman–Crippen MR) is 90.9 cm³/mol. The van der Waals surface area contributed by atoms with Gasteiger partial charge in [0.05, 0.1) is 5.56 Å². The molecule has 0 saturated heterocycles. The minimum absolute atomic E-state index is 0.239. The quantitative estimate of drug-likeness (QED) is 0.800. The molecule has 3 nitrogen and oxygen atoms in total. The van der Waals surface area contributed by atoms with Gasteiger partial charge in [0.15, 0.2) is 0 Å². The maximum absolute atomic E-state index is 12.4. The van der Waals surface area contributed by atoms with Gasteiger partial charge in [-0.2, -0.15) is 0 Å². The summed E-state index contributed by atoms with van der Waals surface area (Å²) in [6, 6.07) is 12.5. The maximum Gasteiger partial charge on any atom is 0.259 e.